The highest BCUT2D eigenvalue weighted by atomic mass is 16.6. The molecule has 1 aliphatic rings. The fraction of sp³-hybridized carbons (Fsp3) is 0.600. The van der Waals surface area contributed by atoms with Crippen molar-refractivity contribution < 1.29 is 9.47 Å². The normalized spacial score (nSPS) is 17.4. The standard InChI is InChI=1S/C15H23NO2/c1-3-8-16-15(11-18-13-9-17-10-13)14-7-5-4-6-12(14)2/h4-7,13,15-16H,3,8-11H2,1-2H3. The Morgan fingerprint density at radius 3 is 2.78 bits per heavy atom. The van der Waals surface area contributed by atoms with Gasteiger partial charge in [0.05, 0.1) is 25.9 Å². The molecular weight excluding hydrogens is 226 g/mol. The molecule has 1 aromatic carbocycles. The van der Waals surface area contributed by atoms with Crippen LogP contribution >= 0.6 is 0 Å². The van der Waals surface area contributed by atoms with Gasteiger partial charge in [-0.05, 0) is 31.0 Å². The number of aryl methyl sites for hydroxylation is 1. The third kappa shape index (κ3) is 3.55. The molecule has 1 saturated heterocycles. The first-order valence-corrected chi connectivity index (χ1v) is 6.79. The van der Waals surface area contributed by atoms with Gasteiger partial charge >= 0.3 is 0 Å². The first-order valence-electron chi connectivity index (χ1n) is 6.79. The predicted octanol–water partition coefficient (Wildman–Crippen LogP) is 2.45. The van der Waals surface area contributed by atoms with E-state index in [9.17, 15) is 0 Å². The van der Waals surface area contributed by atoms with Crippen molar-refractivity contribution in [1.82, 2.24) is 5.32 Å². The van der Waals surface area contributed by atoms with E-state index >= 15 is 0 Å². The lowest BCUT2D eigenvalue weighted by Crippen LogP contribution is -2.38. The molecule has 0 amide bonds. The van der Waals surface area contributed by atoms with Gasteiger partial charge in [-0.2, -0.15) is 0 Å². The molecule has 1 atom stereocenters. The van der Waals surface area contributed by atoms with E-state index in [1.54, 1.807) is 0 Å². The summed E-state index contributed by atoms with van der Waals surface area (Å²) in [7, 11) is 0. The topological polar surface area (TPSA) is 30.5 Å². The van der Waals surface area contributed by atoms with Crippen LogP contribution in [-0.2, 0) is 9.47 Å². The van der Waals surface area contributed by atoms with Crippen molar-refractivity contribution in [2.45, 2.75) is 32.4 Å². The van der Waals surface area contributed by atoms with Crippen LogP contribution in [0.4, 0.5) is 0 Å². The molecule has 18 heavy (non-hydrogen) atoms. The Hall–Kier alpha value is -0.900. The minimum atomic E-state index is 0.284. The largest absolute Gasteiger partial charge is 0.376 e. The van der Waals surface area contributed by atoms with Crippen molar-refractivity contribution in [2.75, 3.05) is 26.4 Å². The zero-order valence-corrected chi connectivity index (χ0v) is 11.3. The lowest BCUT2D eigenvalue weighted by atomic mass is 10.0. The predicted molar refractivity (Wildman–Crippen MR) is 72.8 cm³/mol. The van der Waals surface area contributed by atoms with Gasteiger partial charge in [-0.15, -0.1) is 0 Å². The minimum absolute atomic E-state index is 0.284. The molecule has 1 fully saturated rings. The average molecular weight is 249 g/mol. The minimum Gasteiger partial charge on any atom is -0.376 e. The van der Waals surface area contributed by atoms with E-state index in [0.717, 1.165) is 32.8 Å². The molecule has 0 saturated carbocycles. The smallest absolute Gasteiger partial charge is 0.104 e. The van der Waals surface area contributed by atoms with Gasteiger partial charge in [0.25, 0.3) is 0 Å². The Kier molecular flexibility index (Phi) is 5.17. The zero-order chi connectivity index (χ0) is 12.8. The fourth-order valence-corrected chi connectivity index (χ4v) is 2.10. The maximum atomic E-state index is 5.86. The summed E-state index contributed by atoms with van der Waals surface area (Å²) < 4.78 is 11.0. The fourth-order valence-electron chi connectivity index (χ4n) is 2.10. The van der Waals surface area contributed by atoms with Crippen molar-refractivity contribution >= 4 is 0 Å². The molecule has 3 heteroatoms. The summed E-state index contributed by atoms with van der Waals surface area (Å²) in [5.74, 6) is 0. The van der Waals surface area contributed by atoms with Gasteiger partial charge in [-0.3, -0.25) is 0 Å². The van der Waals surface area contributed by atoms with Crippen LogP contribution in [0.2, 0.25) is 0 Å². The van der Waals surface area contributed by atoms with Crippen LogP contribution < -0.4 is 5.32 Å². The van der Waals surface area contributed by atoms with Gasteiger partial charge in [0, 0.05) is 0 Å². The second kappa shape index (κ2) is 6.88. The van der Waals surface area contributed by atoms with E-state index in [-0.39, 0.29) is 6.04 Å². The van der Waals surface area contributed by atoms with E-state index in [2.05, 4.69) is 43.4 Å². The number of hydrogen-bond donors (Lipinski definition) is 1. The molecule has 1 aliphatic heterocycles. The molecule has 3 nitrogen and oxygen atoms in total. The van der Waals surface area contributed by atoms with Crippen molar-refractivity contribution in [1.29, 1.82) is 0 Å². The summed E-state index contributed by atoms with van der Waals surface area (Å²) in [6.07, 6.45) is 1.43. The van der Waals surface area contributed by atoms with Gasteiger partial charge in [0.15, 0.2) is 0 Å². The molecule has 0 radical (unpaired) electrons. The number of ether oxygens (including phenoxy) is 2. The molecule has 100 valence electrons. The second-order valence-electron chi connectivity index (χ2n) is 4.86. The number of rotatable bonds is 7. The van der Waals surface area contributed by atoms with E-state index in [0.29, 0.717) is 6.10 Å². The van der Waals surface area contributed by atoms with Crippen molar-refractivity contribution in [3.05, 3.63) is 35.4 Å². The summed E-state index contributed by atoms with van der Waals surface area (Å²) in [5.41, 5.74) is 2.66. The van der Waals surface area contributed by atoms with Crippen LogP contribution in [0.25, 0.3) is 0 Å². The molecule has 1 unspecified atom stereocenters. The third-order valence-electron chi connectivity index (χ3n) is 3.31. The van der Waals surface area contributed by atoms with Gasteiger partial charge in [-0.1, -0.05) is 31.2 Å². The molecular formula is C15H23NO2. The van der Waals surface area contributed by atoms with E-state index in [1.165, 1.54) is 11.1 Å². The number of benzene rings is 1. The Morgan fingerprint density at radius 2 is 2.17 bits per heavy atom. The van der Waals surface area contributed by atoms with Crippen LogP contribution in [0.5, 0.6) is 0 Å². The van der Waals surface area contributed by atoms with Crippen LogP contribution in [0.3, 0.4) is 0 Å². The average Bonchev–Trinajstić information content (AvgIpc) is 2.32. The summed E-state index contributed by atoms with van der Waals surface area (Å²) in [5, 5.41) is 3.56. The number of nitrogens with one attached hydrogen (secondary N) is 1. The first kappa shape index (κ1) is 13.5. The van der Waals surface area contributed by atoms with Crippen LogP contribution in [0.15, 0.2) is 24.3 Å². The van der Waals surface area contributed by atoms with Crippen molar-refractivity contribution in [3.63, 3.8) is 0 Å². The summed E-state index contributed by atoms with van der Waals surface area (Å²) in [6, 6.07) is 8.80. The van der Waals surface area contributed by atoms with Gasteiger partial charge in [0.1, 0.15) is 6.10 Å². The van der Waals surface area contributed by atoms with Crippen LogP contribution in [0, 0.1) is 6.92 Å². The summed E-state index contributed by atoms with van der Waals surface area (Å²) in [4.78, 5) is 0. The SMILES string of the molecule is CCCNC(COC1COC1)c1ccccc1C. The van der Waals surface area contributed by atoms with Gasteiger partial charge in [0.2, 0.25) is 0 Å². The highest BCUT2D eigenvalue weighted by Crippen LogP contribution is 2.19. The van der Waals surface area contributed by atoms with E-state index < -0.39 is 0 Å². The molecule has 1 aromatic rings. The monoisotopic (exact) mass is 249 g/mol. The van der Waals surface area contributed by atoms with Crippen LogP contribution in [0.1, 0.15) is 30.5 Å². The zero-order valence-electron chi connectivity index (χ0n) is 11.3. The highest BCUT2D eigenvalue weighted by Gasteiger charge is 2.21. The Morgan fingerprint density at radius 1 is 1.39 bits per heavy atom. The highest BCUT2D eigenvalue weighted by molar-refractivity contribution is 5.28. The Labute approximate surface area is 109 Å². The van der Waals surface area contributed by atoms with E-state index in [1.807, 2.05) is 0 Å². The quantitative estimate of drug-likeness (QED) is 0.805. The molecule has 0 aliphatic carbocycles. The molecule has 0 spiro atoms. The van der Waals surface area contributed by atoms with Crippen LogP contribution in [-0.4, -0.2) is 32.5 Å². The molecule has 0 bridgehead atoms. The van der Waals surface area contributed by atoms with Gasteiger partial charge in [-0.25, -0.2) is 0 Å². The summed E-state index contributed by atoms with van der Waals surface area (Å²) >= 11 is 0. The molecule has 1 heterocycles. The number of hydrogen-bond acceptors (Lipinski definition) is 3. The Balaban J connectivity index is 1.96. The summed E-state index contributed by atoms with van der Waals surface area (Å²) in [6.45, 7) is 7.57. The molecule has 0 aromatic heterocycles. The van der Waals surface area contributed by atoms with Crippen molar-refractivity contribution in [3.8, 4) is 0 Å². The second-order valence-corrected chi connectivity index (χ2v) is 4.86. The molecule has 2 rings (SSSR count). The third-order valence-corrected chi connectivity index (χ3v) is 3.31. The maximum Gasteiger partial charge on any atom is 0.104 e. The molecule has 1 N–H and O–H groups in total. The Bertz CT molecular complexity index is 363. The van der Waals surface area contributed by atoms with E-state index in [4.69, 9.17) is 9.47 Å². The first-order chi connectivity index (χ1) is 8.81. The maximum absolute atomic E-state index is 5.86. The van der Waals surface area contributed by atoms with Crippen molar-refractivity contribution in [2.24, 2.45) is 0 Å². The lowest BCUT2D eigenvalue weighted by Gasteiger charge is -2.29. The lowest BCUT2D eigenvalue weighted by molar-refractivity contribution is -0.133. The van der Waals surface area contributed by atoms with Gasteiger partial charge < -0.3 is 14.8 Å².